The Hall–Kier alpha value is -3.75. The lowest BCUT2D eigenvalue weighted by Crippen LogP contribution is -2.22. The lowest BCUT2D eigenvalue weighted by Gasteiger charge is -2.14. The van der Waals surface area contributed by atoms with Crippen molar-refractivity contribution in [3.8, 4) is 5.75 Å². The van der Waals surface area contributed by atoms with Gasteiger partial charge in [0.25, 0.3) is 0 Å². The smallest absolute Gasteiger partial charge is 0.243 e. The third-order valence-corrected chi connectivity index (χ3v) is 4.15. The van der Waals surface area contributed by atoms with Crippen LogP contribution < -0.4 is 15.4 Å². The zero-order valence-corrected chi connectivity index (χ0v) is 16.4. The second-order valence-electron chi connectivity index (χ2n) is 6.31. The van der Waals surface area contributed by atoms with Crippen LogP contribution >= 0.6 is 0 Å². The van der Waals surface area contributed by atoms with Gasteiger partial charge in [-0.1, -0.05) is 0 Å². The van der Waals surface area contributed by atoms with Gasteiger partial charge in [0, 0.05) is 11.8 Å². The van der Waals surface area contributed by atoms with Gasteiger partial charge in [-0.3, -0.25) is 4.79 Å². The summed E-state index contributed by atoms with van der Waals surface area (Å²) in [6.45, 7) is 1.64. The van der Waals surface area contributed by atoms with Crippen molar-refractivity contribution in [3.63, 3.8) is 0 Å². The van der Waals surface area contributed by atoms with Gasteiger partial charge in [0.05, 0.1) is 25.6 Å². The van der Waals surface area contributed by atoms with E-state index in [9.17, 15) is 13.6 Å². The van der Waals surface area contributed by atoms with E-state index in [0.717, 1.165) is 12.1 Å². The Kier molecular flexibility index (Phi) is 6.74. The first kappa shape index (κ1) is 21.0. The van der Waals surface area contributed by atoms with Gasteiger partial charge in [0.2, 0.25) is 5.91 Å². The number of carbonyl (C=O) groups excluding carboxylic acids is 1. The summed E-state index contributed by atoms with van der Waals surface area (Å²) in [6.07, 6.45) is 4.85. The van der Waals surface area contributed by atoms with Gasteiger partial charge < -0.3 is 20.1 Å². The molecule has 1 heterocycles. The SMILES string of the molecule is COc1ccc(NC(=O)CNc2ccc(F)cc2F)cc1N=NC1=CC=COC1C. The molecule has 2 aromatic rings. The number of benzene rings is 2. The lowest BCUT2D eigenvalue weighted by molar-refractivity contribution is -0.114. The predicted octanol–water partition coefficient (Wildman–Crippen LogP) is 4.92. The second-order valence-corrected chi connectivity index (χ2v) is 6.31. The van der Waals surface area contributed by atoms with Crippen molar-refractivity contribution in [3.05, 3.63) is 72.1 Å². The van der Waals surface area contributed by atoms with Crippen LogP contribution in [-0.4, -0.2) is 25.7 Å². The first-order valence-corrected chi connectivity index (χ1v) is 9.07. The lowest BCUT2D eigenvalue weighted by atomic mass is 10.2. The molecule has 0 aliphatic carbocycles. The maximum atomic E-state index is 13.6. The average molecular weight is 414 g/mol. The normalized spacial score (nSPS) is 15.5. The number of rotatable bonds is 7. The number of amides is 1. The first-order chi connectivity index (χ1) is 14.5. The van der Waals surface area contributed by atoms with E-state index in [1.165, 1.54) is 13.2 Å². The van der Waals surface area contributed by atoms with Gasteiger partial charge in [-0.15, -0.1) is 5.11 Å². The summed E-state index contributed by atoms with van der Waals surface area (Å²) in [4.78, 5) is 12.2. The molecule has 1 amide bonds. The maximum Gasteiger partial charge on any atom is 0.243 e. The number of ether oxygens (including phenoxy) is 2. The zero-order valence-electron chi connectivity index (χ0n) is 16.4. The molecule has 2 N–H and O–H groups in total. The zero-order chi connectivity index (χ0) is 21.5. The number of carbonyl (C=O) groups is 1. The molecule has 1 aliphatic heterocycles. The number of allylic oxidation sites excluding steroid dienone is 2. The third kappa shape index (κ3) is 5.40. The van der Waals surface area contributed by atoms with E-state index in [1.54, 1.807) is 36.6 Å². The molecule has 1 aliphatic rings. The fourth-order valence-electron chi connectivity index (χ4n) is 2.59. The Morgan fingerprint density at radius 3 is 2.77 bits per heavy atom. The van der Waals surface area contributed by atoms with Crippen LogP contribution in [0.5, 0.6) is 5.75 Å². The van der Waals surface area contributed by atoms with E-state index < -0.39 is 17.5 Å². The molecular formula is C21H20F2N4O3. The predicted molar refractivity (Wildman–Crippen MR) is 109 cm³/mol. The number of hydrogen-bond acceptors (Lipinski definition) is 6. The molecule has 0 aromatic heterocycles. The molecule has 0 radical (unpaired) electrons. The number of azo groups is 1. The number of nitrogens with one attached hydrogen (secondary N) is 2. The summed E-state index contributed by atoms with van der Waals surface area (Å²) >= 11 is 0. The van der Waals surface area contributed by atoms with Crippen molar-refractivity contribution in [1.82, 2.24) is 0 Å². The van der Waals surface area contributed by atoms with Gasteiger partial charge >= 0.3 is 0 Å². The summed E-state index contributed by atoms with van der Waals surface area (Å²) in [5, 5.41) is 13.7. The Morgan fingerprint density at radius 1 is 1.20 bits per heavy atom. The second kappa shape index (κ2) is 9.64. The van der Waals surface area contributed by atoms with Crippen LogP contribution in [-0.2, 0) is 9.53 Å². The molecule has 0 spiro atoms. The Labute approximate surface area is 172 Å². The fourth-order valence-corrected chi connectivity index (χ4v) is 2.59. The summed E-state index contributed by atoms with van der Waals surface area (Å²) < 4.78 is 37.2. The van der Waals surface area contributed by atoms with Crippen molar-refractivity contribution in [1.29, 1.82) is 0 Å². The van der Waals surface area contributed by atoms with Crippen LogP contribution in [0, 0.1) is 11.6 Å². The van der Waals surface area contributed by atoms with E-state index in [4.69, 9.17) is 9.47 Å². The van der Waals surface area contributed by atoms with Gasteiger partial charge in [-0.25, -0.2) is 8.78 Å². The van der Waals surface area contributed by atoms with Crippen molar-refractivity contribution in [2.45, 2.75) is 13.0 Å². The quantitative estimate of drug-likeness (QED) is 0.630. The molecule has 1 unspecified atom stereocenters. The van der Waals surface area contributed by atoms with E-state index in [0.29, 0.717) is 22.8 Å². The fraction of sp³-hybridized carbons (Fsp3) is 0.190. The number of methoxy groups -OCH3 is 1. The topological polar surface area (TPSA) is 84.3 Å². The van der Waals surface area contributed by atoms with Crippen molar-refractivity contribution in [2.75, 3.05) is 24.3 Å². The van der Waals surface area contributed by atoms with Crippen LogP contribution in [0.15, 0.2) is 70.7 Å². The summed E-state index contributed by atoms with van der Waals surface area (Å²) in [5.41, 5.74) is 1.54. The highest BCUT2D eigenvalue weighted by Crippen LogP contribution is 2.31. The molecule has 0 saturated carbocycles. The minimum absolute atomic E-state index is 0.0296. The molecule has 2 aromatic carbocycles. The van der Waals surface area contributed by atoms with E-state index >= 15 is 0 Å². The number of hydrogen-bond donors (Lipinski definition) is 2. The minimum atomic E-state index is -0.778. The summed E-state index contributed by atoms with van der Waals surface area (Å²) in [5.74, 6) is -1.42. The Bertz CT molecular complexity index is 1020. The van der Waals surface area contributed by atoms with Crippen LogP contribution in [0.4, 0.5) is 25.8 Å². The third-order valence-electron chi connectivity index (χ3n) is 4.15. The number of anilines is 2. The minimum Gasteiger partial charge on any atom is -0.494 e. The van der Waals surface area contributed by atoms with Gasteiger partial charge in [0.1, 0.15) is 34.9 Å². The summed E-state index contributed by atoms with van der Waals surface area (Å²) in [7, 11) is 1.50. The van der Waals surface area contributed by atoms with Gasteiger partial charge in [-0.2, -0.15) is 5.11 Å². The molecule has 7 nitrogen and oxygen atoms in total. The molecule has 156 valence electrons. The highest BCUT2D eigenvalue weighted by molar-refractivity contribution is 5.94. The molecule has 0 fully saturated rings. The number of halogens is 2. The highest BCUT2D eigenvalue weighted by atomic mass is 19.1. The van der Waals surface area contributed by atoms with Gasteiger partial charge in [0.15, 0.2) is 0 Å². The molecule has 30 heavy (non-hydrogen) atoms. The van der Waals surface area contributed by atoms with Crippen LogP contribution in [0.2, 0.25) is 0 Å². The average Bonchev–Trinajstić information content (AvgIpc) is 2.72. The van der Waals surface area contributed by atoms with E-state index in [2.05, 4.69) is 20.9 Å². The Balaban J connectivity index is 1.67. The monoisotopic (exact) mass is 414 g/mol. The molecular weight excluding hydrogens is 394 g/mol. The standard InChI is InChI=1S/C21H20F2N4O3/c1-13-17(4-3-9-30-13)26-27-19-11-15(6-8-20(19)29-2)25-21(28)12-24-18-7-5-14(22)10-16(18)23/h3-11,13,24H,12H2,1-2H3,(H,25,28). The molecule has 1 atom stereocenters. The van der Waals surface area contributed by atoms with E-state index in [-0.39, 0.29) is 18.3 Å². The molecule has 3 rings (SSSR count). The highest BCUT2D eigenvalue weighted by Gasteiger charge is 2.12. The summed E-state index contributed by atoms with van der Waals surface area (Å²) in [6, 6.07) is 7.96. The molecule has 9 heteroatoms. The van der Waals surface area contributed by atoms with Crippen LogP contribution in [0.1, 0.15) is 6.92 Å². The van der Waals surface area contributed by atoms with Crippen LogP contribution in [0.25, 0.3) is 0 Å². The van der Waals surface area contributed by atoms with Crippen molar-refractivity contribution >= 4 is 23.0 Å². The maximum absolute atomic E-state index is 13.6. The van der Waals surface area contributed by atoms with Gasteiger partial charge in [-0.05, 0) is 49.4 Å². The van der Waals surface area contributed by atoms with Crippen molar-refractivity contribution in [2.24, 2.45) is 10.2 Å². The number of nitrogens with zero attached hydrogens (tertiary/aromatic N) is 2. The first-order valence-electron chi connectivity index (χ1n) is 9.07. The van der Waals surface area contributed by atoms with E-state index in [1.807, 2.05) is 6.92 Å². The largest absolute Gasteiger partial charge is 0.494 e. The molecule has 0 saturated heterocycles. The van der Waals surface area contributed by atoms with Crippen molar-refractivity contribution < 1.29 is 23.0 Å². The van der Waals surface area contributed by atoms with Crippen LogP contribution in [0.3, 0.4) is 0 Å². The Morgan fingerprint density at radius 2 is 2.03 bits per heavy atom. The molecule has 0 bridgehead atoms.